The predicted octanol–water partition coefficient (Wildman–Crippen LogP) is 3.50. The van der Waals surface area contributed by atoms with Crippen molar-refractivity contribution in [2.45, 2.75) is 51.1 Å². The summed E-state index contributed by atoms with van der Waals surface area (Å²) in [6.07, 6.45) is 8.76. The third-order valence-electron chi connectivity index (χ3n) is 4.43. The average molecular weight is 215 g/mol. The molecule has 16 heavy (non-hydrogen) atoms. The van der Waals surface area contributed by atoms with E-state index in [9.17, 15) is 0 Å². The van der Waals surface area contributed by atoms with Crippen LogP contribution in [0.25, 0.3) is 0 Å². The van der Waals surface area contributed by atoms with Gasteiger partial charge in [0, 0.05) is 12.6 Å². The Kier molecular flexibility index (Phi) is 2.72. The summed E-state index contributed by atoms with van der Waals surface area (Å²) in [5, 5.41) is 3.73. The van der Waals surface area contributed by atoms with Crippen LogP contribution in [-0.4, -0.2) is 6.04 Å². The van der Waals surface area contributed by atoms with Gasteiger partial charge in [0.05, 0.1) is 0 Å². The molecule has 3 rings (SSSR count). The monoisotopic (exact) mass is 215 g/mol. The summed E-state index contributed by atoms with van der Waals surface area (Å²) < 4.78 is 0. The summed E-state index contributed by atoms with van der Waals surface area (Å²) in [5.74, 6) is 0. The molecule has 1 spiro atoms. The van der Waals surface area contributed by atoms with Crippen molar-refractivity contribution in [1.29, 1.82) is 0 Å². The van der Waals surface area contributed by atoms with Gasteiger partial charge >= 0.3 is 0 Å². The lowest BCUT2D eigenvalue weighted by molar-refractivity contribution is 0.313. The van der Waals surface area contributed by atoms with Crippen LogP contribution in [0.4, 0.5) is 0 Å². The van der Waals surface area contributed by atoms with Crippen LogP contribution in [0.1, 0.15) is 44.1 Å². The Morgan fingerprint density at radius 1 is 1.06 bits per heavy atom. The number of hydrogen-bond acceptors (Lipinski definition) is 1. The average Bonchev–Trinajstić information content (AvgIpc) is 3.01. The summed E-state index contributed by atoms with van der Waals surface area (Å²) in [4.78, 5) is 0. The van der Waals surface area contributed by atoms with Gasteiger partial charge in [-0.1, -0.05) is 49.6 Å². The van der Waals surface area contributed by atoms with Crippen molar-refractivity contribution in [2.24, 2.45) is 5.41 Å². The second kappa shape index (κ2) is 4.21. The van der Waals surface area contributed by atoms with E-state index in [1.807, 2.05) is 0 Å². The molecule has 0 heterocycles. The van der Waals surface area contributed by atoms with Crippen LogP contribution in [0.3, 0.4) is 0 Å². The van der Waals surface area contributed by atoms with Gasteiger partial charge in [-0.2, -0.15) is 0 Å². The van der Waals surface area contributed by atoms with Gasteiger partial charge in [-0.15, -0.1) is 0 Å². The smallest absolute Gasteiger partial charge is 0.0208 e. The number of rotatable bonds is 3. The fourth-order valence-electron chi connectivity index (χ4n) is 3.28. The molecule has 2 saturated carbocycles. The summed E-state index contributed by atoms with van der Waals surface area (Å²) >= 11 is 0. The summed E-state index contributed by atoms with van der Waals surface area (Å²) in [5.41, 5.74) is 2.13. The zero-order valence-corrected chi connectivity index (χ0v) is 9.91. The molecule has 1 aromatic carbocycles. The second-order valence-electron chi connectivity index (χ2n) is 5.55. The molecule has 1 aromatic rings. The van der Waals surface area contributed by atoms with Crippen molar-refractivity contribution < 1.29 is 0 Å². The van der Waals surface area contributed by atoms with Crippen molar-refractivity contribution >= 4 is 0 Å². The van der Waals surface area contributed by atoms with Gasteiger partial charge in [0.25, 0.3) is 0 Å². The molecule has 1 atom stereocenters. The topological polar surface area (TPSA) is 12.0 Å². The molecule has 0 amide bonds. The molecule has 1 N–H and O–H groups in total. The molecular formula is C15H21N. The van der Waals surface area contributed by atoms with E-state index in [4.69, 9.17) is 0 Å². The molecule has 0 saturated heterocycles. The standard InChI is InChI=1S/C15H21N/c1-3-7-13(8-4-1)12-16-14-11-15(14)9-5-2-6-10-15/h1,3-4,7-8,14,16H,2,5-6,9-12H2/t14-/m0/s1. The molecule has 1 nitrogen and oxygen atoms in total. The molecule has 0 aromatic heterocycles. The molecule has 0 aliphatic heterocycles. The summed E-state index contributed by atoms with van der Waals surface area (Å²) in [7, 11) is 0. The van der Waals surface area contributed by atoms with Crippen LogP contribution < -0.4 is 5.32 Å². The fourth-order valence-corrected chi connectivity index (χ4v) is 3.28. The van der Waals surface area contributed by atoms with Crippen LogP contribution >= 0.6 is 0 Å². The minimum Gasteiger partial charge on any atom is -0.309 e. The van der Waals surface area contributed by atoms with Crippen LogP contribution in [0.15, 0.2) is 30.3 Å². The Morgan fingerprint density at radius 3 is 2.56 bits per heavy atom. The minimum atomic E-state index is 0.715. The number of benzene rings is 1. The molecule has 2 aliphatic carbocycles. The second-order valence-corrected chi connectivity index (χ2v) is 5.55. The van der Waals surface area contributed by atoms with Crippen LogP contribution in [-0.2, 0) is 6.54 Å². The Labute approximate surface area is 98.3 Å². The summed E-state index contributed by atoms with van der Waals surface area (Å²) in [6.45, 7) is 1.05. The molecule has 2 fully saturated rings. The predicted molar refractivity (Wildman–Crippen MR) is 67.2 cm³/mol. The van der Waals surface area contributed by atoms with E-state index >= 15 is 0 Å². The highest BCUT2D eigenvalue weighted by molar-refractivity contribution is 5.16. The van der Waals surface area contributed by atoms with E-state index in [2.05, 4.69) is 35.6 Å². The lowest BCUT2D eigenvalue weighted by atomic mass is 9.86. The third-order valence-corrected chi connectivity index (χ3v) is 4.43. The maximum absolute atomic E-state index is 3.73. The zero-order valence-electron chi connectivity index (χ0n) is 9.91. The maximum atomic E-state index is 3.73. The van der Waals surface area contributed by atoms with Gasteiger partial charge in [-0.05, 0) is 30.2 Å². The van der Waals surface area contributed by atoms with Crippen molar-refractivity contribution in [2.75, 3.05) is 0 Å². The largest absolute Gasteiger partial charge is 0.309 e. The zero-order chi connectivity index (χ0) is 10.8. The maximum Gasteiger partial charge on any atom is 0.0208 e. The van der Waals surface area contributed by atoms with E-state index in [1.54, 1.807) is 0 Å². The first-order valence-electron chi connectivity index (χ1n) is 6.66. The normalized spacial score (nSPS) is 26.9. The number of nitrogens with one attached hydrogen (secondary N) is 1. The van der Waals surface area contributed by atoms with E-state index in [0.717, 1.165) is 12.6 Å². The number of hydrogen-bond donors (Lipinski definition) is 1. The van der Waals surface area contributed by atoms with E-state index in [0.29, 0.717) is 5.41 Å². The van der Waals surface area contributed by atoms with Crippen LogP contribution in [0.5, 0.6) is 0 Å². The highest BCUT2D eigenvalue weighted by Crippen LogP contribution is 2.56. The van der Waals surface area contributed by atoms with Gasteiger partial charge in [0.15, 0.2) is 0 Å². The molecule has 86 valence electrons. The van der Waals surface area contributed by atoms with E-state index in [-0.39, 0.29) is 0 Å². The van der Waals surface area contributed by atoms with Gasteiger partial charge in [0.1, 0.15) is 0 Å². The van der Waals surface area contributed by atoms with E-state index < -0.39 is 0 Å². The van der Waals surface area contributed by atoms with Gasteiger partial charge < -0.3 is 5.32 Å². The molecule has 0 unspecified atom stereocenters. The Morgan fingerprint density at radius 2 is 1.81 bits per heavy atom. The fraction of sp³-hybridized carbons (Fsp3) is 0.600. The summed E-state index contributed by atoms with van der Waals surface area (Å²) in [6, 6.07) is 11.6. The Balaban J connectivity index is 1.51. The lowest BCUT2D eigenvalue weighted by Crippen LogP contribution is -2.24. The van der Waals surface area contributed by atoms with Crippen LogP contribution in [0, 0.1) is 5.41 Å². The molecule has 0 radical (unpaired) electrons. The lowest BCUT2D eigenvalue weighted by Gasteiger charge is -2.22. The Bertz CT molecular complexity index is 338. The van der Waals surface area contributed by atoms with Crippen molar-refractivity contribution in [3.63, 3.8) is 0 Å². The highest BCUT2D eigenvalue weighted by atomic mass is 15.0. The van der Waals surface area contributed by atoms with Gasteiger partial charge in [-0.25, -0.2) is 0 Å². The van der Waals surface area contributed by atoms with Crippen molar-refractivity contribution in [1.82, 2.24) is 5.32 Å². The van der Waals surface area contributed by atoms with Gasteiger partial charge in [-0.3, -0.25) is 0 Å². The minimum absolute atomic E-state index is 0.715. The van der Waals surface area contributed by atoms with Crippen LogP contribution in [0.2, 0.25) is 0 Å². The van der Waals surface area contributed by atoms with Crippen molar-refractivity contribution in [3.8, 4) is 0 Å². The first kappa shape index (κ1) is 10.3. The molecular weight excluding hydrogens is 194 g/mol. The van der Waals surface area contributed by atoms with Crippen molar-refractivity contribution in [3.05, 3.63) is 35.9 Å². The van der Waals surface area contributed by atoms with E-state index in [1.165, 1.54) is 44.1 Å². The quantitative estimate of drug-likeness (QED) is 0.813. The Hall–Kier alpha value is -0.820. The first-order valence-corrected chi connectivity index (χ1v) is 6.66. The third kappa shape index (κ3) is 2.01. The first-order chi connectivity index (χ1) is 7.89. The molecule has 2 aliphatic rings. The highest BCUT2D eigenvalue weighted by Gasteiger charge is 2.53. The molecule has 1 heteroatoms. The van der Waals surface area contributed by atoms with Gasteiger partial charge in [0.2, 0.25) is 0 Å². The molecule has 0 bridgehead atoms. The SMILES string of the molecule is c1ccc(CN[C@H]2CC23CCCCC3)cc1.